The molecule has 2 rings (SSSR count). The maximum Gasteiger partial charge on any atom is 0.187 e. The van der Waals surface area contributed by atoms with Crippen LogP contribution in [0.4, 0.5) is 0 Å². The van der Waals surface area contributed by atoms with Crippen molar-refractivity contribution >= 4 is 58.0 Å². The molecule has 0 aliphatic rings. The first-order chi connectivity index (χ1) is 12.1. The van der Waals surface area contributed by atoms with E-state index in [1.54, 1.807) is 47.5 Å². The average molecular weight is 433 g/mol. The molecule has 0 aliphatic carbocycles. The number of ketones is 2. The molecule has 0 heterocycles. The van der Waals surface area contributed by atoms with Gasteiger partial charge in [0.05, 0.1) is 0 Å². The molecule has 0 unspecified atom stereocenters. The summed E-state index contributed by atoms with van der Waals surface area (Å²) >= 11 is 22.9. The van der Waals surface area contributed by atoms with Gasteiger partial charge < -0.3 is 4.90 Å². The topological polar surface area (TPSA) is 37.4 Å². The zero-order chi connectivity index (χ0) is 19.9. The van der Waals surface area contributed by atoms with Crippen LogP contribution in [-0.4, -0.2) is 30.6 Å². The zero-order valence-corrected chi connectivity index (χ0v) is 17.4. The monoisotopic (exact) mass is 431 g/mol. The molecule has 2 aromatic carbocycles. The minimum Gasteiger partial charge on any atom is -0.383 e. The average Bonchev–Trinajstić information content (AvgIpc) is 2.51. The van der Waals surface area contributed by atoms with Gasteiger partial charge in [-0.3, -0.25) is 9.59 Å². The van der Waals surface area contributed by atoms with Crippen LogP contribution in [0.5, 0.6) is 0 Å². The van der Waals surface area contributed by atoms with Crippen molar-refractivity contribution in [1.29, 1.82) is 0 Å². The molecule has 0 saturated carbocycles. The number of hydrogen-bond acceptors (Lipinski definition) is 3. The summed E-state index contributed by atoms with van der Waals surface area (Å²) in [6.45, 7) is 1.47. The Labute approximate surface area is 173 Å². The molecule has 0 fully saturated rings. The maximum absolute atomic E-state index is 11.6. The van der Waals surface area contributed by atoms with Crippen molar-refractivity contribution in [1.82, 2.24) is 4.90 Å². The highest BCUT2D eigenvalue weighted by Gasteiger charge is 2.04. The molecule has 26 heavy (non-hydrogen) atoms. The molecule has 0 saturated heterocycles. The van der Waals surface area contributed by atoms with Crippen molar-refractivity contribution in [3.05, 3.63) is 79.9 Å². The third-order valence-electron chi connectivity index (χ3n) is 2.94. The summed E-state index contributed by atoms with van der Waals surface area (Å²) in [5.41, 5.74) is 1.04. The third-order valence-corrected chi connectivity index (χ3v) is 3.81. The van der Waals surface area contributed by atoms with Crippen LogP contribution in [0.25, 0.3) is 0 Å². The van der Waals surface area contributed by atoms with Gasteiger partial charge in [-0.2, -0.15) is 0 Å². The summed E-state index contributed by atoms with van der Waals surface area (Å²) < 4.78 is 0. The fourth-order valence-electron chi connectivity index (χ4n) is 1.77. The predicted octanol–water partition coefficient (Wildman–Crippen LogP) is 6.45. The predicted molar refractivity (Wildman–Crippen MR) is 110 cm³/mol. The summed E-state index contributed by atoms with van der Waals surface area (Å²) in [4.78, 5) is 24.2. The van der Waals surface area contributed by atoms with E-state index < -0.39 is 0 Å². The highest BCUT2D eigenvalue weighted by molar-refractivity contribution is 6.35. The number of hydrogen-bond donors (Lipinski definition) is 0. The molecule has 2 aromatic rings. The van der Waals surface area contributed by atoms with E-state index in [1.165, 1.54) is 13.0 Å². The van der Waals surface area contributed by atoms with Gasteiger partial charge in [-0.1, -0.05) is 46.4 Å². The molecule has 0 aliphatic heterocycles. The van der Waals surface area contributed by atoms with Crippen LogP contribution >= 0.6 is 46.4 Å². The molecule has 7 heteroatoms. The van der Waals surface area contributed by atoms with Crippen molar-refractivity contribution in [3.8, 4) is 0 Å². The minimum atomic E-state index is -0.117. The van der Waals surface area contributed by atoms with Gasteiger partial charge in [-0.05, 0) is 43.3 Å². The zero-order valence-electron chi connectivity index (χ0n) is 14.4. The number of allylic oxidation sites excluding steroid dienone is 1. The van der Waals surface area contributed by atoms with E-state index in [9.17, 15) is 9.59 Å². The second-order valence-electron chi connectivity index (χ2n) is 5.52. The number of rotatable bonds is 4. The maximum atomic E-state index is 11.6. The highest BCUT2D eigenvalue weighted by Crippen LogP contribution is 2.20. The van der Waals surface area contributed by atoms with E-state index in [1.807, 2.05) is 14.1 Å². The fraction of sp³-hybridized carbons (Fsp3) is 0.158. The molecular weight excluding hydrogens is 416 g/mol. The number of carbonyl (C=O) groups excluding carboxylic acids is 2. The minimum absolute atomic E-state index is 0.0330. The lowest BCUT2D eigenvalue weighted by molar-refractivity contribution is 0.101. The van der Waals surface area contributed by atoms with Crippen molar-refractivity contribution < 1.29 is 9.59 Å². The summed E-state index contributed by atoms with van der Waals surface area (Å²) in [6.07, 6.45) is 3.15. The number of carbonyl (C=O) groups is 2. The molecule has 0 radical (unpaired) electrons. The van der Waals surface area contributed by atoms with E-state index in [-0.39, 0.29) is 11.6 Å². The van der Waals surface area contributed by atoms with E-state index in [0.29, 0.717) is 31.2 Å². The first-order valence-electron chi connectivity index (χ1n) is 7.40. The second kappa shape index (κ2) is 10.6. The van der Waals surface area contributed by atoms with Gasteiger partial charge in [0.1, 0.15) is 0 Å². The summed E-state index contributed by atoms with van der Waals surface area (Å²) in [5.74, 6) is -0.150. The molecule has 3 nitrogen and oxygen atoms in total. The first kappa shape index (κ1) is 22.5. The number of nitrogens with zero attached hydrogens (tertiary/aromatic N) is 1. The Morgan fingerprint density at radius 3 is 1.50 bits per heavy atom. The SMILES string of the molecule is CC(=O)c1cc(Cl)cc(Cl)c1.CN(C)C=CC(=O)c1cc(Cl)cc(Cl)c1. The lowest BCUT2D eigenvalue weighted by Crippen LogP contribution is -2.03. The molecule has 0 aromatic heterocycles. The Morgan fingerprint density at radius 2 is 1.15 bits per heavy atom. The summed E-state index contributed by atoms with van der Waals surface area (Å²) in [6, 6.07) is 9.56. The van der Waals surface area contributed by atoms with Crippen molar-refractivity contribution in [2.24, 2.45) is 0 Å². The lowest BCUT2D eigenvalue weighted by atomic mass is 10.1. The number of benzene rings is 2. The van der Waals surface area contributed by atoms with Crippen LogP contribution < -0.4 is 0 Å². The largest absolute Gasteiger partial charge is 0.383 e. The number of halogens is 4. The molecular formula is C19H17Cl4NO2. The van der Waals surface area contributed by atoms with Crippen LogP contribution in [0.3, 0.4) is 0 Å². The van der Waals surface area contributed by atoms with Crippen LogP contribution in [0, 0.1) is 0 Å². The Balaban J connectivity index is 0.000000273. The van der Waals surface area contributed by atoms with Gasteiger partial charge in [-0.25, -0.2) is 0 Å². The van der Waals surface area contributed by atoms with Crippen LogP contribution in [0.15, 0.2) is 48.7 Å². The van der Waals surface area contributed by atoms with E-state index in [0.717, 1.165) is 0 Å². The lowest BCUT2D eigenvalue weighted by Gasteiger charge is -2.03. The molecule has 138 valence electrons. The summed E-state index contributed by atoms with van der Waals surface area (Å²) in [5, 5.41) is 1.90. The van der Waals surface area contributed by atoms with Crippen molar-refractivity contribution in [2.45, 2.75) is 6.92 Å². The Kier molecular flexibility index (Phi) is 9.17. The molecule has 0 atom stereocenters. The highest BCUT2D eigenvalue weighted by atomic mass is 35.5. The van der Waals surface area contributed by atoms with Gasteiger partial charge in [0.25, 0.3) is 0 Å². The van der Waals surface area contributed by atoms with Gasteiger partial charge in [0.15, 0.2) is 11.6 Å². The Hall–Kier alpha value is -1.52. The van der Waals surface area contributed by atoms with Crippen molar-refractivity contribution in [2.75, 3.05) is 14.1 Å². The molecule has 0 amide bonds. The normalized spacial score (nSPS) is 10.3. The second-order valence-corrected chi connectivity index (χ2v) is 7.26. The summed E-state index contributed by atoms with van der Waals surface area (Å²) in [7, 11) is 3.68. The Morgan fingerprint density at radius 1 is 0.769 bits per heavy atom. The Bertz CT molecular complexity index is 792. The third kappa shape index (κ3) is 8.24. The first-order valence-corrected chi connectivity index (χ1v) is 8.91. The van der Waals surface area contributed by atoms with Crippen LogP contribution in [-0.2, 0) is 0 Å². The van der Waals surface area contributed by atoms with E-state index in [4.69, 9.17) is 46.4 Å². The molecule has 0 spiro atoms. The van der Waals surface area contributed by atoms with Crippen LogP contribution in [0.1, 0.15) is 27.6 Å². The smallest absolute Gasteiger partial charge is 0.187 e. The molecule has 0 N–H and O–H groups in total. The van der Waals surface area contributed by atoms with E-state index in [2.05, 4.69) is 0 Å². The quantitative estimate of drug-likeness (QED) is 0.411. The van der Waals surface area contributed by atoms with Gasteiger partial charge in [0.2, 0.25) is 0 Å². The fourth-order valence-corrected chi connectivity index (χ4v) is 2.82. The van der Waals surface area contributed by atoms with Crippen LogP contribution in [0.2, 0.25) is 20.1 Å². The van der Waals surface area contributed by atoms with Gasteiger partial charge in [0, 0.05) is 57.6 Å². The van der Waals surface area contributed by atoms with Crippen molar-refractivity contribution in [3.63, 3.8) is 0 Å². The molecule has 0 bridgehead atoms. The van der Waals surface area contributed by atoms with E-state index >= 15 is 0 Å². The number of Topliss-reactive ketones (excluding diaryl/α,β-unsaturated/α-hetero) is 1. The van der Waals surface area contributed by atoms with Gasteiger partial charge in [-0.15, -0.1) is 0 Å². The van der Waals surface area contributed by atoms with Gasteiger partial charge >= 0.3 is 0 Å². The standard InChI is InChI=1S/C11H11Cl2NO.C8H6Cl2O/c1-14(2)4-3-11(15)8-5-9(12)7-10(13)6-8;1-5(11)6-2-7(9)4-8(10)3-6/h3-7H,1-2H3;2-4H,1H3.